The van der Waals surface area contributed by atoms with E-state index in [1.165, 1.54) is 11.1 Å². The molecular weight excluding hydrogens is 352 g/mol. The largest absolute Gasteiger partial charge is 0.478 e. The molecule has 6 heteroatoms. The van der Waals surface area contributed by atoms with E-state index in [0.717, 1.165) is 30.8 Å². The first kappa shape index (κ1) is 18.0. The third-order valence-corrected chi connectivity index (χ3v) is 5.16. The normalized spacial score (nSPS) is 13.1. The van der Waals surface area contributed by atoms with Crippen LogP contribution in [0.5, 0.6) is 0 Å². The lowest BCUT2D eigenvalue weighted by Gasteiger charge is -2.29. The van der Waals surface area contributed by atoms with E-state index in [0.29, 0.717) is 17.5 Å². The van der Waals surface area contributed by atoms with Gasteiger partial charge in [0.1, 0.15) is 5.82 Å². The van der Waals surface area contributed by atoms with Crippen molar-refractivity contribution in [2.75, 3.05) is 16.8 Å². The average Bonchev–Trinajstić information content (AvgIpc) is 2.71. The summed E-state index contributed by atoms with van der Waals surface area (Å²) < 4.78 is 0. The maximum Gasteiger partial charge on any atom is 0.335 e. The molecule has 0 saturated heterocycles. The SMILES string of the molecule is Cc1nc(N2CCc3ccccc3C2)nc(Nc2cccc(C(=O)O)c2)c1C. The van der Waals surface area contributed by atoms with Crippen molar-refractivity contribution in [1.29, 1.82) is 0 Å². The molecule has 2 heterocycles. The Morgan fingerprint density at radius 3 is 2.64 bits per heavy atom. The summed E-state index contributed by atoms with van der Waals surface area (Å²) in [6.07, 6.45) is 0.968. The highest BCUT2D eigenvalue weighted by atomic mass is 16.4. The molecule has 1 aliphatic heterocycles. The number of benzene rings is 2. The number of aromatic carboxylic acids is 1. The molecule has 0 unspecified atom stereocenters. The summed E-state index contributed by atoms with van der Waals surface area (Å²) in [6, 6.07) is 15.2. The molecule has 0 saturated carbocycles. The smallest absolute Gasteiger partial charge is 0.335 e. The van der Waals surface area contributed by atoms with Gasteiger partial charge >= 0.3 is 5.97 Å². The first-order chi connectivity index (χ1) is 13.5. The predicted octanol–water partition coefficient (Wildman–Crippen LogP) is 4.10. The Kier molecular flexibility index (Phi) is 4.69. The number of carboxylic acid groups (broad SMARTS) is 1. The molecule has 3 aromatic rings. The third kappa shape index (κ3) is 3.53. The zero-order chi connectivity index (χ0) is 19.7. The van der Waals surface area contributed by atoms with Gasteiger partial charge in [0.15, 0.2) is 0 Å². The maximum absolute atomic E-state index is 11.2. The Morgan fingerprint density at radius 2 is 1.86 bits per heavy atom. The van der Waals surface area contributed by atoms with Gasteiger partial charge in [-0.25, -0.2) is 9.78 Å². The minimum atomic E-state index is -0.952. The van der Waals surface area contributed by atoms with E-state index < -0.39 is 5.97 Å². The van der Waals surface area contributed by atoms with Crippen LogP contribution in [0.3, 0.4) is 0 Å². The summed E-state index contributed by atoms with van der Waals surface area (Å²) in [5, 5.41) is 12.5. The molecule has 1 aliphatic rings. The van der Waals surface area contributed by atoms with Gasteiger partial charge in [0.05, 0.1) is 5.56 Å². The van der Waals surface area contributed by atoms with Gasteiger partial charge < -0.3 is 15.3 Å². The van der Waals surface area contributed by atoms with Gasteiger partial charge in [0.25, 0.3) is 0 Å². The number of anilines is 3. The van der Waals surface area contributed by atoms with Crippen molar-refractivity contribution in [1.82, 2.24) is 9.97 Å². The summed E-state index contributed by atoms with van der Waals surface area (Å²) in [5.41, 5.74) is 5.46. The lowest BCUT2D eigenvalue weighted by atomic mass is 10.0. The molecule has 0 bridgehead atoms. The van der Waals surface area contributed by atoms with E-state index in [1.54, 1.807) is 18.2 Å². The number of aryl methyl sites for hydroxylation is 1. The molecule has 2 N–H and O–H groups in total. The summed E-state index contributed by atoms with van der Waals surface area (Å²) in [4.78, 5) is 22.9. The Hall–Kier alpha value is -3.41. The molecule has 0 amide bonds. The highest BCUT2D eigenvalue weighted by Gasteiger charge is 2.20. The fourth-order valence-corrected chi connectivity index (χ4v) is 3.41. The molecule has 6 nitrogen and oxygen atoms in total. The van der Waals surface area contributed by atoms with Crippen LogP contribution in [0.25, 0.3) is 0 Å². The van der Waals surface area contributed by atoms with Gasteiger partial charge in [0, 0.05) is 30.0 Å². The monoisotopic (exact) mass is 374 g/mol. The van der Waals surface area contributed by atoms with Crippen LogP contribution in [-0.4, -0.2) is 27.6 Å². The van der Waals surface area contributed by atoms with E-state index in [4.69, 9.17) is 9.97 Å². The van der Waals surface area contributed by atoms with Crippen molar-refractivity contribution in [2.24, 2.45) is 0 Å². The van der Waals surface area contributed by atoms with Gasteiger partial charge in [-0.15, -0.1) is 0 Å². The van der Waals surface area contributed by atoms with Crippen molar-refractivity contribution < 1.29 is 9.90 Å². The number of rotatable bonds is 4. The predicted molar refractivity (Wildman–Crippen MR) is 109 cm³/mol. The second-order valence-electron chi connectivity index (χ2n) is 7.03. The number of hydrogen-bond donors (Lipinski definition) is 2. The van der Waals surface area contributed by atoms with Crippen LogP contribution in [0.1, 0.15) is 32.7 Å². The van der Waals surface area contributed by atoms with E-state index >= 15 is 0 Å². The second kappa shape index (κ2) is 7.31. The van der Waals surface area contributed by atoms with Crippen molar-refractivity contribution >= 4 is 23.4 Å². The first-order valence-corrected chi connectivity index (χ1v) is 9.28. The minimum absolute atomic E-state index is 0.237. The van der Waals surface area contributed by atoms with Crippen molar-refractivity contribution in [3.63, 3.8) is 0 Å². The molecule has 0 atom stereocenters. The van der Waals surface area contributed by atoms with Gasteiger partial charge in [-0.05, 0) is 49.6 Å². The van der Waals surface area contributed by atoms with Gasteiger partial charge in [-0.3, -0.25) is 0 Å². The highest BCUT2D eigenvalue weighted by Crippen LogP contribution is 2.27. The molecule has 2 aromatic carbocycles. The van der Waals surface area contributed by atoms with E-state index in [9.17, 15) is 9.90 Å². The summed E-state index contributed by atoms with van der Waals surface area (Å²) in [7, 11) is 0. The number of carbonyl (C=O) groups is 1. The van der Waals surface area contributed by atoms with Crippen LogP contribution < -0.4 is 10.2 Å². The molecule has 1 aromatic heterocycles. The van der Waals surface area contributed by atoms with Crippen LogP contribution >= 0.6 is 0 Å². The standard InChI is InChI=1S/C22H22N4O2/c1-14-15(2)23-22(26-11-10-16-6-3-4-7-18(16)13-26)25-20(14)24-19-9-5-8-17(12-19)21(27)28/h3-9,12H,10-11,13H2,1-2H3,(H,27,28)(H,23,24,25). The number of nitrogens with one attached hydrogen (secondary N) is 1. The first-order valence-electron chi connectivity index (χ1n) is 9.28. The second-order valence-corrected chi connectivity index (χ2v) is 7.03. The van der Waals surface area contributed by atoms with Crippen molar-refractivity contribution in [3.05, 3.63) is 76.5 Å². The summed E-state index contributed by atoms with van der Waals surface area (Å²) in [6.45, 7) is 5.59. The molecule has 0 radical (unpaired) electrons. The third-order valence-electron chi connectivity index (χ3n) is 5.16. The molecular formula is C22H22N4O2. The van der Waals surface area contributed by atoms with Crippen LogP contribution in [0.15, 0.2) is 48.5 Å². The van der Waals surface area contributed by atoms with Crippen LogP contribution in [-0.2, 0) is 13.0 Å². The Morgan fingerprint density at radius 1 is 1.07 bits per heavy atom. The number of nitrogens with zero attached hydrogens (tertiary/aromatic N) is 3. The Bertz CT molecular complexity index is 1050. The van der Waals surface area contributed by atoms with Crippen LogP contribution in [0.2, 0.25) is 0 Å². The zero-order valence-corrected chi connectivity index (χ0v) is 15.9. The van der Waals surface area contributed by atoms with E-state index in [2.05, 4.69) is 34.5 Å². The fraction of sp³-hybridized carbons (Fsp3) is 0.227. The molecule has 28 heavy (non-hydrogen) atoms. The fourth-order valence-electron chi connectivity index (χ4n) is 3.41. The molecule has 0 spiro atoms. The van der Waals surface area contributed by atoms with Gasteiger partial charge in [-0.2, -0.15) is 4.98 Å². The number of fused-ring (bicyclic) bond motifs is 1. The van der Waals surface area contributed by atoms with E-state index in [-0.39, 0.29) is 5.56 Å². The lowest BCUT2D eigenvalue weighted by molar-refractivity contribution is 0.0697. The Balaban J connectivity index is 1.64. The molecule has 0 fully saturated rings. The van der Waals surface area contributed by atoms with Gasteiger partial charge in [0.2, 0.25) is 5.95 Å². The quantitative estimate of drug-likeness (QED) is 0.716. The topological polar surface area (TPSA) is 78.4 Å². The lowest BCUT2D eigenvalue weighted by Crippen LogP contribution is -2.32. The summed E-state index contributed by atoms with van der Waals surface area (Å²) in [5.74, 6) is 0.435. The summed E-state index contributed by atoms with van der Waals surface area (Å²) >= 11 is 0. The molecule has 142 valence electrons. The average molecular weight is 374 g/mol. The zero-order valence-electron chi connectivity index (χ0n) is 15.9. The van der Waals surface area contributed by atoms with Crippen molar-refractivity contribution in [3.8, 4) is 0 Å². The number of carboxylic acids is 1. The number of hydrogen-bond acceptors (Lipinski definition) is 5. The number of aromatic nitrogens is 2. The van der Waals surface area contributed by atoms with Crippen LogP contribution in [0, 0.1) is 13.8 Å². The maximum atomic E-state index is 11.2. The van der Waals surface area contributed by atoms with Gasteiger partial charge in [-0.1, -0.05) is 30.3 Å². The van der Waals surface area contributed by atoms with E-state index in [1.807, 2.05) is 19.9 Å². The van der Waals surface area contributed by atoms with Crippen molar-refractivity contribution in [2.45, 2.75) is 26.8 Å². The van der Waals surface area contributed by atoms with Crippen LogP contribution in [0.4, 0.5) is 17.5 Å². The minimum Gasteiger partial charge on any atom is -0.478 e. The molecule has 0 aliphatic carbocycles. The molecule has 4 rings (SSSR count). The highest BCUT2D eigenvalue weighted by molar-refractivity contribution is 5.89. The Labute approximate surface area is 163 Å².